The lowest BCUT2D eigenvalue weighted by Gasteiger charge is -2.01. The number of carbonyl (C=O) groups excluding carboxylic acids is 1. The zero-order chi connectivity index (χ0) is 13.1. The molecular formula is C12H17ClN2O2. The molecule has 0 unspecified atom stereocenters. The molecule has 0 saturated heterocycles. The van der Waals surface area contributed by atoms with E-state index < -0.39 is 5.97 Å². The molecule has 0 saturated carbocycles. The van der Waals surface area contributed by atoms with Crippen molar-refractivity contribution < 1.29 is 9.53 Å². The van der Waals surface area contributed by atoms with Gasteiger partial charge < -0.3 is 4.74 Å². The third-order valence-electron chi connectivity index (χ3n) is 1.50. The number of hydrogen-bond acceptors (Lipinski definition) is 4. The van der Waals surface area contributed by atoms with Crippen LogP contribution in [0.2, 0.25) is 0 Å². The highest BCUT2D eigenvalue weighted by atomic mass is 35.5. The van der Waals surface area contributed by atoms with E-state index in [1.54, 1.807) is 19.1 Å². The van der Waals surface area contributed by atoms with Gasteiger partial charge in [-0.1, -0.05) is 43.6 Å². The van der Waals surface area contributed by atoms with E-state index in [4.69, 9.17) is 11.6 Å². The molecular weight excluding hydrogens is 240 g/mol. The van der Waals surface area contributed by atoms with Crippen LogP contribution < -0.4 is 5.43 Å². The van der Waals surface area contributed by atoms with Crippen LogP contribution in [0.5, 0.6) is 0 Å². The van der Waals surface area contributed by atoms with E-state index in [0.29, 0.717) is 0 Å². The number of hydrazone groups is 1. The molecule has 1 N–H and O–H groups in total. The van der Waals surface area contributed by atoms with Gasteiger partial charge in [-0.3, -0.25) is 5.43 Å². The maximum Gasteiger partial charge on any atom is 0.370 e. The fourth-order valence-corrected chi connectivity index (χ4v) is 0.959. The van der Waals surface area contributed by atoms with Crippen molar-refractivity contribution in [1.82, 2.24) is 0 Å². The molecule has 0 heterocycles. The Labute approximate surface area is 107 Å². The molecule has 17 heavy (non-hydrogen) atoms. The second kappa shape index (κ2) is 9.66. The summed E-state index contributed by atoms with van der Waals surface area (Å²) in [6, 6.07) is 9.17. The Bertz CT molecular complexity index is 353. The molecule has 0 aliphatic heterocycles. The molecule has 0 radical (unpaired) electrons. The summed E-state index contributed by atoms with van der Waals surface area (Å²) in [5.41, 5.74) is 3.39. The molecule has 5 heteroatoms. The van der Waals surface area contributed by atoms with Crippen LogP contribution in [0.4, 0.5) is 5.69 Å². The number of halogens is 1. The Kier molecular flexibility index (Phi) is 8.78. The molecule has 0 aromatic heterocycles. The van der Waals surface area contributed by atoms with Gasteiger partial charge in [0.25, 0.3) is 0 Å². The second-order valence-corrected chi connectivity index (χ2v) is 2.96. The van der Waals surface area contributed by atoms with Crippen LogP contribution in [0.3, 0.4) is 0 Å². The number of carbonyl (C=O) groups is 1. The highest BCUT2D eigenvalue weighted by Gasteiger charge is 2.08. The van der Waals surface area contributed by atoms with Crippen molar-refractivity contribution in [3.05, 3.63) is 30.3 Å². The molecule has 0 aliphatic rings. The van der Waals surface area contributed by atoms with Gasteiger partial charge in [-0.05, 0) is 19.1 Å². The van der Waals surface area contributed by atoms with Crippen molar-refractivity contribution in [2.45, 2.75) is 20.8 Å². The van der Waals surface area contributed by atoms with E-state index in [0.717, 1.165) is 5.69 Å². The highest BCUT2D eigenvalue weighted by Crippen LogP contribution is 2.05. The first-order valence-electron chi connectivity index (χ1n) is 5.45. The summed E-state index contributed by atoms with van der Waals surface area (Å²) < 4.78 is 4.65. The zero-order valence-electron chi connectivity index (χ0n) is 10.2. The predicted molar refractivity (Wildman–Crippen MR) is 71.3 cm³/mol. The fraction of sp³-hybridized carbons (Fsp3) is 0.333. The number of rotatable bonds is 4. The molecule has 1 aromatic rings. The standard InChI is InChI=1S/C10H11ClN2O2.C2H6/c1-2-15-10(14)9(11)13-12-8-6-4-3-5-7-8;1-2/h3-7,12H,2H2,1H3;1-2H3. The van der Waals surface area contributed by atoms with Crippen molar-refractivity contribution in [1.29, 1.82) is 0 Å². The lowest BCUT2D eigenvalue weighted by Crippen LogP contribution is -2.13. The first-order chi connectivity index (χ1) is 8.24. The van der Waals surface area contributed by atoms with E-state index in [9.17, 15) is 4.79 Å². The Morgan fingerprint density at radius 1 is 1.35 bits per heavy atom. The maximum absolute atomic E-state index is 11.0. The Hall–Kier alpha value is -1.55. The SMILES string of the molecule is CC.CCOC(=O)C(Cl)=NNc1ccccc1. The average Bonchev–Trinajstić information content (AvgIpc) is 2.40. The fourth-order valence-electron chi connectivity index (χ4n) is 0.863. The molecule has 0 spiro atoms. The quantitative estimate of drug-likeness (QED) is 0.511. The number of para-hydroxylation sites is 1. The summed E-state index contributed by atoms with van der Waals surface area (Å²) in [5, 5.41) is 3.45. The van der Waals surface area contributed by atoms with Crippen LogP contribution in [-0.4, -0.2) is 17.7 Å². The van der Waals surface area contributed by atoms with E-state index in [1.807, 2.05) is 32.0 Å². The van der Waals surface area contributed by atoms with Crippen molar-refractivity contribution >= 4 is 28.4 Å². The number of ether oxygens (including phenoxy) is 1. The average molecular weight is 257 g/mol. The summed E-state index contributed by atoms with van der Waals surface area (Å²) in [7, 11) is 0. The second-order valence-electron chi connectivity index (χ2n) is 2.60. The molecule has 0 fully saturated rings. The van der Waals surface area contributed by atoms with Gasteiger partial charge in [0.1, 0.15) is 0 Å². The van der Waals surface area contributed by atoms with Crippen molar-refractivity contribution in [2.24, 2.45) is 5.10 Å². The smallest absolute Gasteiger partial charge is 0.370 e. The van der Waals surface area contributed by atoms with Crippen LogP contribution in [0.1, 0.15) is 20.8 Å². The molecule has 94 valence electrons. The van der Waals surface area contributed by atoms with Crippen molar-refractivity contribution in [3.63, 3.8) is 0 Å². The summed E-state index contributed by atoms with van der Waals surface area (Å²) in [6.45, 7) is 5.97. The summed E-state index contributed by atoms with van der Waals surface area (Å²) in [4.78, 5) is 11.0. The van der Waals surface area contributed by atoms with Gasteiger partial charge >= 0.3 is 5.97 Å². The van der Waals surface area contributed by atoms with Gasteiger partial charge in [0.2, 0.25) is 5.17 Å². The normalized spacial score (nSPS) is 10.0. The number of hydrogen-bond donors (Lipinski definition) is 1. The first-order valence-corrected chi connectivity index (χ1v) is 5.83. The Morgan fingerprint density at radius 3 is 2.47 bits per heavy atom. The molecule has 0 aliphatic carbocycles. The van der Waals surface area contributed by atoms with Gasteiger partial charge in [-0.25, -0.2) is 4.79 Å². The summed E-state index contributed by atoms with van der Waals surface area (Å²) in [5.74, 6) is -0.636. The minimum atomic E-state index is -0.636. The van der Waals surface area contributed by atoms with Gasteiger partial charge in [0.05, 0.1) is 12.3 Å². The van der Waals surface area contributed by atoms with E-state index in [1.165, 1.54) is 0 Å². The monoisotopic (exact) mass is 256 g/mol. The third kappa shape index (κ3) is 6.58. The lowest BCUT2D eigenvalue weighted by molar-refractivity contribution is -0.134. The topological polar surface area (TPSA) is 50.7 Å². The van der Waals surface area contributed by atoms with Gasteiger partial charge in [0.15, 0.2) is 0 Å². The number of anilines is 1. The van der Waals surface area contributed by atoms with Crippen LogP contribution >= 0.6 is 11.6 Å². The highest BCUT2D eigenvalue weighted by molar-refractivity contribution is 6.82. The Morgan fingerprint density at radius 2 is 1.94 bits per heavy atom. The van der Waals surface area contributed by atoms with Gasteiger partial charge in [-0.2, -0.15) is 5.10 Å². The minimum absolute atomic E-state index is 0.222. The van der Waals surface area contributed by atoms with Crippen molar-refractivity contribution in [3.8, 4) is 0 Å². The molecule has 0 bridgehead atoms. The number of nitrogens with zero attached hydrogens (tertiary/aromatic N) is 1. The van der Waals surface area contributed by atoms with E-state index >= 15 is 0 Å². The van der Waals surface area contributed by atoms with Crippen LogP contribution in [0, 0.1) is 0 Å². The molecule has 1 aromatic carbocycles. The maximum atomic E-state index is 11.0. The lowest BCUT2D eigenvalue weighted by atomic mass is 10.3. The third-order valence-corrected chi connectivity index (χ3v) is 1.74. The minimum Gasteiger partial charge on any atom is -0.461 e. The van der Waals surface area contributed by atoms with Gasteiger partial charge in [0, 0.05) is 0 Å². The zero-order valence-corrected chi connectivity index (χ0v) is 11.0. The molecule has 1 rings (SSSR count). The summed E-state index contributed by atoms with van der Waals surface area (Å²) >= 11 is 5.57. The van der Waals surface area contributed by atoms with Gasteiger partial charge in [-0.15, -0.1) is 0 Å². The molecule has 0 atom stereocenters. The summed E-state index contributed by atoms with van der Waals surface area (Å²) in [6.07, 6.45) is 0. The number of nitrogens with one attached hydrogen (secondary N) is 1. The van der Waals surface area contributed by atoms with Crippen LogP contribution in [0.15, 0.2) is 35.4 Å². The van der Waals surface area contributed by atoms with Crippen molar-refractivity contribution in [2.75, 3.05) is 12.0 Å². The first kappa shape index (κ1) is 15.4. The number of benzene rings is 1. The van der Waals surface area contributed by atoms with Crippen LogP contribution in [0.25, 0.3) is 0 Å². The Balaban J connectivity index is 0.00000121. The predicted octanol–water partition coefficient (Wildman–Crippen LogP) is 3.24. The molecule has 4 nitrogen and oxygen atoms in total. The van der Waals surface area contributed by atoms with E-state index in [2.05, 4.69) is 15.3 Å². The van der Waals surface area contributed by atoms with E-state index in [-0.39, 0.29) is 11.8 Å². The molecule has 0 amide bonds. The van der Waals surface area contributed by atoms with Crippen LogP contribution in [-0.2, 0) is 9.53 Å². The number of esters is 1. The largest absolute Gasteiger partial charge is 0.461 e.